The number of nitrogens with zero attached hydrogens (tertiary/aromatic N) is 3. The van der Waals surface area contributed by atoms with Crippen molar-refractivity contribution in [2.45, 2.75) is 13.0 Å². The maximum atomic E-state index is 8.91. The number of nitriles is 1. The summed E-state index contributed by atoms with van der Waals surface area (Å²) in [6.45, 7) is 1.45. The normalized spacial score (nSPS) is 14.2. The number of nitrogen functional groups attached to an aromatic ring is 1. The van der Waals surface area contributed by atoms with Crippen LogP contribution in [0, 0.1) is 11.3 Å². The maximum Gasteiger partial charge on any atom is 0.201 e. The largest absolute Gasteiger partial charge is 0.491 e. The van der Waals surface area contributed by atoms with Crippen LogP contribution in [0.4, 0.5) is 5.95 Å². The molecular formula is C11H10N4O. The van der Waals surface area contributed by atoms with Gasteiger partial charge in [-0.3, -0.25) is 0 Å². The van der Waals surface area contributed by atoms with E-state index in [0.29, 0.717) is 23.9 Å². The molecule has 0 amide bonds. The molecule has 3 rings (SSSR count). The zero-order chi connectivity index (χ0) is 11.1. The van der Waals surface area contributed by atoms with Crippen molar-refractivity contribution in [2.24, 2.45) is 0 Å². The summed E-state index contributed by atoms with van der Waals surface area (Å²) in [6, 6.07) is 5.57. The van der Waals surface area contributed by atoms with Crippen LogP contribution in [0.1, 0.15) is 12.0 Å². The number of rotatable bonds is 0. The predicted octanol–water partition coefficient (Wildman–Crippen LogP) is 1.27. The topological polar surface area (TPSA) is 76.9 Å². The minimum absolute atomic E-state index is 0.483. The van der Waals surface area contributed by atoms with Crippen LogP contribution in [0.2, 0.25) is 0 Å². The molecule has 1 aromatic carbocycles. The predicted molar refractivity (Wildman–Crippen MR) is 59.0 cm³/mol. The van der Waals surface area contributed by atoms with E-state index in [1.807, 2.05) is 4.57 Å². The number of anilines is 1. The highest BCUT2D eigenvalue weighted by atomic mass is 16.5. The smallest absolute Gasteiger partial charge is 0.201 e. The second-order valence-electron chi connectivity index (χ2n) is 3.78. The van der Waals surface area contributed by atoms with E-state index in [0.717, 1.165) is 24.0 Å². The number of aryl methyl sites for hydroxylation is 1. The molecule has 0 unspecified atom stereocenters. The number of aromatic nitrogens is 2. The molecule has 5 nitrogen and oxygen atoms in total. The number of hydrogen-bond acceptors (Lipinski definition) is 4. The van der Waals surface area contributed by atoms with E-state index in [-0.39, 0.29) is 0 Å². The van der Waals surface area contributed by atoms with E-state index in [1.165, 1.54) is 0 Å². The van der Waals surface area contributed by atoms with Gasteiger partial charge >= 0.3 is 0 Å². The van der Waals surface area contributed by atoms with Gasteiger partial charge in [0, 0.05) is 12.6 Å². The van der Waals surface area contributed by atoms with E-state index < -0.39 is 0 Å². The Balaban J connectivity index is 2.41. The SMILES string of the molecule is N#Cc1cc2c3c(c1)nc(N)n3CCCO2. The van der Waals surface area contributed by atoms with Crippen molar-refractivity contribution in [1.82, 2.24) is 9.55 Å². The second kappa shape index (κ2) is 3.14. The number of nitrogens with two attached hydrogens (primary N) is 1. The van der Waals surface area contributed by atoms with Crippen LogP contribution in [-0.2, 0) is 6.54 Å². The van der Waals surface area contributed by atoms with Crippen molar-refractivity contribution in [2.75, 3.05) is 12.3 Å². The van der Waals surface area contributed by atoms with Gasteiger partial charge in [-0.1, -0.05) is 0 Å². The Bertz CT molecular complexity index is 608. The van der Waals surface area contributed by atoms with Gasteiger partial charge in [-0.2, -0.15) is 5.26 Å². The van der Waals surface area contributed by atoms with E-state index in [2.05, 4.69) is 11.1 Å². The van der Waals surface area contributed by atoms with Gasteiger partial charge in [0.25, 0.3) is 0 Å². The third-order valence-electron chi connectivity index (χ3n) is 2.75. The Labute approximate surface area is 92.1 Å². The zero-order valence-electron chi connectivity index (χ0n) is 8.60. The molecule has 0 bridgehead atoms. The highest BCUT2D eigenvalue weighted by Crippen LogP contribution is 2.31. The fourth-order valence-corrected chi connectivity index (χ4v) is 2.05. The Morgan fingerprint density at radius 1 is 1.50 bits per heavy atom. The lowest BCUT2D eigenvalue weighted by atomic mass is 10.2. The lowest BCUT2D eigenvalue weighted by molar-refractivity contribution is 0.316. The first-order valence-electron chi connectivity index (χ1n) is 5.12. The summed E-state index contributed by atoms with van der Waals surface area (Å²) in [5.74, 6) is 1.19. The number of benzene rings is 1. The summed E-state index contributed by atoms with van der Waals surface area (Å²) >= 11 is 0. The van der Waals surface area contributed by atoms with Gasteiger partial charge in [0.05, 0.1) is 23.8 Å². The molecular weight excluding hydrogens is 204 g/mol. The summed E-state index contributed by atoms with van der Waals surface area (Å²) in [4.78, 5) is 4.24. The molecule has 0 radical (unpaired) electrons. The van der Waals surface area contributed by atoms with Gasteiger partial charge in [0.15, 0.2) is 0 Å². The average Bonchev–Trinajstić information content (AvgIpc) is 2.49. The summed E-state index contributed by atoms with van der Waals surface area (Å²) in [5.41, 5.74) is 8.02. The van der Waals surface area contributed by atoms with E-state index in [9.17, 15) is 0 Å². The molecule has 0 saturated carbocycles. The quantitative estimate of drug-likeness (QED) is 0.716. The van der Waals surface area contributed by atoms with Gasteiger partial charge in [-0.15, -0.1) is 0 Å². The minimum atomic E-state index is 0.483. The van der Waals surface area contributed by atoms with Crippen molar-refractivity contribution in [1.29, 1.82) is 5.26 Å². The van der Waals surface area contributed by atoms with E-state index >= 15 is 0 Å². The van der Waals surface area contributed by atoms with E-state index in [4.69, 9.17) is 15.7 Å². The summed E-state index contributed by atoms with van der Waals surface area (Å²) in [7, 11) is 0. The molecule has 2 heterocycles. The first kappa shape index (κ1) is 9.04. The molecule has 1 aromatic heterocycles. The third-order valence-corrected chi connectivity index (χ3v) is 2.75. The first-order chi connectivity index (χ1) is 7.79. The van der Waals surface area contributed by atoms with Gasteiger partial charge in [0.2, 0.25) is 5.95 Å². The molecule has 16 heavy (non-hydrogen) atoms. The Kier molecular flexibility index (Phi) is 1.77. The minimum Gasteiger partial charge on any atom is -0.491 e. The lowest BCUT2D eigenvalue weighted by Gasteiger charge is -2.04. The summed E-state index contributed by atoms with van der Waals surface area (Å²) in [6.07, 6.45) is 0.895. The summed E-state index contributed by atoms with van der Waals surface area (Å²) < 4.78 is 7.55. The maximum absolute atomic E-state index is 8.91. The second-order valence-corrected chi connectivity index (χ2v) is 3.78. The van der Waals surface area contributed by atoms with Crippen LogP contribution in [0.15, 0.2) is 12.1 Å². The number of hydrogen-bond donors (Lipinski definition) is 1. The van der Waals surface area contributed by atoms with Crippen LogP contribution >= 0.6 is 0 Å². The molecule has 2 aromatic rings. The van der Waals surface area contributed by atoms with Crippen LogP contribution in [0.3, 0.4) is 0 Å². The number of ether oxygens (including phenoxy) is 1. The number of imidazole rings is 1. The molecule has 1 aliphatic heterocycles. The Morgan fingerprint density at radius 2 is 2.38 bits per heavy atom. The molecule has 80 valence electrons. The van der Waals surface area contributed by atoms with Crippen LogP contribution in [0.5, 0.6) is 5.75 Å². The van der Waals surface area contributed by atoms with Gasteiger partial charge in [0.1, 0.15) is 11.3 Å². The van der Waals surface area contributed by atoms with Gasteiger partial charge < -0.3 is 15.0 Å². The van der Waals surface area contributed by atoms with Crippen molar-refractivity contribution in [3.8, 4) is 11.8 Å². The van der Waals surface area contributed by atoms with Crippen molar-refractivity contribution >= 4 is 17.0 Å². The molecule has 5 heteroatoms. The van der Waals surface area contributed by atoms with Crippen LogP contribution in [-0.4, -0.2) is 16.2 Å². The van der Waals surface area contributed by atoms with Crippen molar-refractivity contribution in [3.63, 3.8) is 0 Å². The molecule has 1 aliphatic rings. The summed E-state index contributed by atoms with van der Waals surface area (Å²) in [5, 5.41) is 8.91. The standard InChI is InChI=1S/C11H10N4O/c12-6-7-4-8-10-9(5-7)16-3-1-2-15(10)11(13)14-8/h4-5H,1-3H2,(H2,13,14). The van der Waals surface area contributed by atoms with Crippen LogP contribution in [0.25, 0.3) is 11.0 Å². The molecule has 2 N–H and O–H groups in total. The van der Waals surface area contributed by atoms with E-state index in [1.54, 1.807) is 12.1 Å². The Morgan fingerprint density at radius 3 is 3.19 bits per heavy atom. The zero-order valence-corrected chi connectivity index (χ0v) is 8.60. The fraction of sp³-hybridized carbons (Fsp3) is 0.273. The highest BCUT2D eigenvalue weighted by molar-refractivity contribution is 5.86. The fourth-order valence-electron chi connectivity index (χ4n) is 2.05. The molecule has 0 saturated heterocycles. The molecule has 0 spiro atoms. The van der Waals surface area contributed by atoms with Gasteiger partial charge in [-0.05, 0) is 12.5 Å². The molecule has 0 fully saturated rings. The van der Waals surface area contributed by atoms with Crippen molar-refractivity contribution in [3.05, 3.63) is 17.7 Å². The monoisotopic (exact) mass is 214 g/mol. The van der Waals surface area contributed by atoms with Gasteiger partial charge in [-0.25, -0.2) is 4.98 Å². The van der Waals surface area contributed by atoms with Crippen LogP contribution < -0.4 is 10.5 Å². The first-order valence-corrected chi connectivity index (χ1v) is 5.12. The average molecular weight is 214 g/mol. The lowest BCUT2D eigenvalue weighted by Crippen LogP contribution is -2.03. The third kappa shape index (κ3) is 1.13. The molecule has 0 aliphatic carbocycles. The Hall–Kier alpha value is -2.22. The van der Waals surface area contributed by atoms with Crippen molar-refractivity contribution < 1.29 is 4.74 Å². The molecule has 0 atom stereocenters. The highest BCUT2D eigenvalue weighted by Gasteiger charge is 2.17.